The first-order valence-corrected chi connectivity index (χ1v) is 5.74. The lowest BCUT2D eigenvalue weighted by Crippen LogP contribution is -2.38. The van der Waals surface area contributed by atoms with E-state index in [1.54, 1.807) is 18.0 Å². The van der Waals surface area contributed by atoms with Gasteiger partial charge in [0.15, 0.2) is 10.9 Å². The maximum absolute atomic E-state index is 6.07. The quantitative estimate of drug-likeness (QED) is 0.790. The van der Waals surface area contributed by atoms with Crippen molar-refractivity contribution in [3.63, 3.8) is 0 Å². The van der Waals surface area contributed by atoms with E-state index in [9.17, 15) is 0 Å². The molecule has 1 aliphatic heterocycles. The molecule has 1 aromatic rings. The monoisotopic (exact) mass is 245 g/mol. The van der Waals surface area contributed by atoms with Gasteiger partial charge in [0.1, 0.15) is 0 Å². The highest BCUT2D eigenvalue weighted by atomic mass is 35.5. The van der Waals surface area contributed by atoms with Crippen LogP contribution in [0.3, 0.4) is 0 Å². The third kappa shape index (κ3) is 2.66. The fourth-order valence-corrected chi connectivity index (χ4v) is 1.96. The van der Waals surface area contributed by atoms with Gasteiger partial charge in [0.25, 0.3) is 0 Å². The van der Waals surface area contributed by atoms with Gasteiger partial charge in [-0.25, -0.2) is 4.68 Å². The first kappa shape index (κ1) is 11.7. The highest BCUT2D eigenvalue weighted by Gasteiger charge is 2.12. The van der Waals surface area contributed by atoms with Crippen LogP contribution in [0.2, 0.25) is 5.15 Å². The first-order valence-electron chi connectivity index (χ1n) is 5.36. The molecule has 0 atom stereocenters. The van der Waals surface area contributed by atoms with Gasteiger partial charge in [-0.15, -0.1) is 0 Å². The smallest absolute Gasteiger partial charge is 0.175 e. The molecule has 0 amide bonds. The van der Waals surface area contributed by atoms with Gasteiger partial charge in [0, 0.05) is 19.6 Å². The normalized spacial score (nSPS) is 17.6. The Morgan fingerprint density at radius 2 is 2.19 bits per heavy atom. The van der Waals surface area contributed by atoms with Crippen molar-refractivity contribution in [3.05, 3.63) is 11.3 Å². The molecular weight excluding hydrogens is 230 g/mol. The molecule has 0 aromatic carbocycles. The number of methoxy groups -OCH3 is 1. The second kappa shape index (κ2) is 5.52. The molecule has 1 aromatic heterocycles. The Kier molecular flexibility index (Phi) is 4.04. The number of morpholine rings is 1. The van der Waals surface area contributed by atoms with Gasteiger partial charge in [-0.05, 0) is 0 Å². The Bertz CT molecular complexity index is 337. The van der Waals surface area contributed by atoms with Crippen molar-refractivity contribution in [1.82, 2.24) is 14.7 Å². The fourth-order valence-electron chi connectivity index (χ4n) is 1.71. The minimum absolute atomic E-state index is 0.566. The number of hydrogen-bond acceptors (Lipinski definition) is 4. The van der Waals surface area contributed by atoms with Crippen LogP contribution in [0.4, 0.5) is 0 Å². The van der Waals surface area contributed by atoms with E-state index in [0.717, 1.165) is 39.4 Å². The molecule has 0 radical (unpaired) electrons. The summed E-state index contributed by atoms with van der Waals surface area (Å²) in [7, 11) is 1.59. The molecule has 2 heterocycles. The van der Waals surface area contributed by atoms with Crippen molar-refractivity contribution in [3.8, 4) is 5.75 Å². The fraction of sp³-hybridized carbons (Fsp3) is 0.700. The average Bonchev–Trinajstić information content (AvgIpc) is 2.69. The van der Waals surface area contributed by atoms with Crippen molar-refractivity contribution < 1.29 is 9.47 Å². The molecule has 0 aliphatic carbocycles. The van der Waals surface area contributed by atoms with Crippen molar-refractivity contribution in [1.29, 1.82) is 0 Å². The average molecular weight is 246 g/mol. The van der Waals surface area contributed by atoms with Crippen molar-refractivity contribution >= 4 is 11.6 Å². The number of hydrogen-bond donors (Lipinski definition) is 0. The second-order valence-corrected chi connectivity index (χ2v) is 4.04. The Hall–Kier alpha value is -0.780. The van der Waals surface area contributed by atoms with Crippen LogP contribution in [-0.2, 0) is 11.3 Å². The van der Waals surface area contributed by atoms with Crippen LogP contribution in [0.5, 0.6) is 5.75 Å². The molecule has 90 valence electrons. The molecule has 1 aliphatic rings. The van der Waals surface area contributed by atoms with Gasteiger partial charge < -0.3 is 9.47 Å². The summed E-state index contributed by atoms with van der Waals surface area (Å²) in [6.07, 6.45) is 1.64. The molecule has 0 saturated carbocycles. The predicted molar refractivity (Wildman–Crippen MR) is 61.0 cm³/mol. The van der Waals surface area contributed by atoms with Gasteiger partial charge in [-0.1, -0.05) is 11.6 Å². The Morgan fingerprint density at radius 1 is 1.44 bits per heavy atom. The van der Waals surface area contributed by atoms with Crippen LogP contribution >= 0.6 is 11.6 Å². The molecule has 2 rings (SSSR count). The third-order valence-electron chi connectivity index (χ3n) is 2.70. The summed E-state index contributed by atoms with van der Waals surface area (Å²) in [4.78, 5) is 2.34. The molecule has 1 saturated heterocycles. The number of aromatic nitrogens is 2. The maximum atomic E-state index is 6.07. The molecule has 0 N–H and O–H groups in total. The van der Waals surface area contributed by atoms with Gasteiger partial charge in [0.2, 0.25) is 0 Å². The van der Waals surface area contributed by atoms with Gasteiger partial charge in [0.05, 0.1) is 33.1 Å². The van der Waals surface area contributed by atoms with Crippen LogP contribution in [0.15, 0.2) is 6.20 Å². The summed E-state index contributed by atoms with van der Waals surface area (Å²) in [5.41, 5.74) is 0. The van der Waals surface area contributed by atoms with Crippen LogP contribution in [-0.4, -0.2) is 54.6 Å². The molecule has 0 unspecified atom stereocenters. The minimum Gasteiger partial charge on any atom is -0.492 e. The zero-order valence-corrected chi connectivity index (χ0v) is 10.1. The van der Waals surface area contributed by atoms with E-state index in [2.05, 4.69) is 10.00 Å². The molecule has 6 heteroatoms. The predicted octanol–water partition coefficient (Wildman–Crippen LogP) is 0.877. The van der Waals surface area contributed by atoms with Crippen LogP contribution in [0.1, 0.15) is 0 Å². The van der Waals surface area contributed by atoms with E-state index in [4.69, 9.17) is 21.1 Å². The van der Waals surface area contributed by atoms with E-state index < -0.39 is 0 Å². The van der Waals surface area contributed by atoms with Crippen LogP contribution < -0.4 is 4.74 Å². The summed E-state index contributed by atoms with van der Waals surface area (Å²) in [6.45, 7) is 5.31. The lowest BCUT2D eigenvalue weighted by atomic mass is 10.4. The highest BCUT2D eigenvalue weighted by Crippen LogP contribution is 2.22. The summed E-state index contributed by atoms with van der Waals surface area (Å²) in [6, 6.07) is 0. The number of ether oxygens (including phenoxy) is 2. The van der Waals surface area contributed by atoms with Crippen LogP contribution in [0.25, 0.3) is 0 Å². The zero-order chi connectivity index (χ0) is 11.4. The molecule has 5 nitrogen and oxygen atoms in total. The largest absolute Gasteiger partial charge is 0.492 e. The summed E-state index contributed by atoms with van der Waals surface area (Å²) in [5.74, 6) is 0.628. The third-order valence-corrected chi connectivity index (χ3v) is 3.08. The zero-order valence-electron chi connectivity index (χ0n) is 9.36. The second-order valence-electron chi connectivity index (χ2n) is 3.68. The van der Waals surface area contributed by atoms with Gasteiger partial charge in [-0.2, -0.15) is 5.10 Å². The first-order chi connectivity index (χ1) is 7.81. The summed E-state index contributed by atoms with van der Waals surface area (Å²) < 4.78 is 12.1. The Balaban J connectivity index is 1.86. The number of halogens is 1. The van der Waals surface area contributed by atoms with E-state index in [1.165, 1.54) is 0 Å². The van der Waals surface area contributed by atoms with E-state index in [0.29, 0.717) is 10.9 Å². The minimum atomic E-state index is 0.566. The molecular formula is C10H16ClN3O2. The number of rotatable bonds is 4. The SMILES string of the molecule is COc1cnn(CCN2CCOCC2)c1Cl. The Morgan fingerprint density at radius 3 is 2.81 bits per heavy atom. The van der Waals surface area contributed by atoms with Crippen molar-refractivity contribution in [2.24, 2.45) is 0 Å². The van der Waals surface area contributed by atoms with E-state index in [1.807, 2.05) is 0 Å². The maximum Gasteiger partial charge on any atom is 0.175 e. The summed E-state index contributed by atoms with van der Waals surface area (Å²) >= 11 is 6.07. The van der Waals surface area contributed by atoms with E-state index >= 15 is 0 Å². The van der Waals surface area contributed by atoms with E-state index in [-0.39, 0.29) is 0 Å². The highest BCUT2D eigenvalue weighted by molar-refractivity contribution is 6.31. The molecule has 1 fully saturated rings. The Labute approximate surface area is 99.9 Å². The molecule has 0 spiro atoms. The summed E-state index contributed by atoms with van der Waals surface area (Å²) in [5, 5.41) is 4.74. The van der Waals surface area contributed by atoms with Gasteiger partial charge in [-0.3, -0.25) is 4.90 Å². The molecule has 16 heavy (non-hydrogen) atoms. The lowest BCUT2D eigenvalue weighted by molar-refractivity contribution is 0.0360. The van der Waals surface area contributed by atoms with Crippen LogP contribution in [0, 0.1) is 0 Å². The van der Waals surface area contributed by atoms with Crippen molar-refractivity contribution in [2.45, 2.75) is 6.54 Å². The molecule has 0 bridgehead atoms. The number of nitrogens with zero attached hydrogens (tertiary/aromatic N) is 3. The topological polar surface area (TPSA) is 39.5 Å². The van der Waals surface area contributed by atoms with Gasteiger partial charge >= 0.3 is 0 Å². The standard InChI is InChI=1S/C10H16ClN3O2/c1-15-9-8-12-14(10(9)11)3-2-13-4-6-16-7-5-13/h8H,2-7H2,1H3. The lowest BCUT2D eigenvalue weighted by Gasteiger charge is -2.26. The van der Waals surface area contributed by atoms with Crippen molar-refractivity contribution in [2.75, 3.05) is 40.0 Å².